The smallest absolute Gasteiger partial charge is 0.246 e. The molecule has 4 heteroatoms. The van der Waals surface area contributed by atoms with E-state index in [9.17, 15) is 4.79 Å². The fraction of sp³-hybridized carbons (Fsp3) is 0.235. The Morgan fingerprint density at radius 3 is 2.86 bits per heavy atom. The highest BCUT2D eigenvalue weighted by Gasteiger charge is 2.23. The van der Waals surface area contributed by atoms with Crippen LogP contribution in [0.5, 0.6) is 0 Å². The second kappa shape index (κ2) is 6.41. The summed E-state index contributed by atoms with van der Waals surface area (Å²) < 4.78 is 10.7. The standard InChI is InChI=1S/C17H17NO3/c19-17(7-6-14-8-10-20-13-14)18-9-11-21-16(12-18)15-4-2-1-3-5-15/h1-8,10,13,16H,9,11-12H2/b7-6+/t16-/m0/s1. The van der Waals surface area contributed by atoms with Gasteiger partial charge in [0.1, 0.15) is 6.10 Å². The van der Waals surface area contributed by atoms with Crippen LogP contribution in [-0.4, -0.2) is 30.5 Å². The first-order chi connectivity index (χ1) is 10.3. The van der Waals surface area contributed by atoms with E-state index in [-0.39, 0.29) is 12.0 Å². The molecule has 21 heavy (non-hydrogen) atoms. The minimum absolute atomic E-state index is 0.000399. The predicted molar refractivity (Wildman–Crippen MR) is 79.5 cm³/mol. The van der Waals surface area contributed by atoms with Gasteiger partial charge in [-0.1, -0.05) is 30.3 Å². The summed E-state index contributed by atoms with van der Waals surface area (Å²) in [5.74, 6) is 0.000399. The fourth-order valence-corrected chi connectivity index (χ4v) is 2.36. The summed E-state index contributed by atoms with van der Waals surface area (Å²) in [6.07, 6.45) is 6.49. The van der Waals surface area contributed by atoms with Crippen molar-refractivity contribution in [1.82, 2.24) is 4.90 Å². The molecule has 1 saturated heterocycles. The molecule has 4 nitrogen and oxygen atoms in total. The van der Waals surface area contributed by atoms with Crippen molar-refractivity contribution in [3.8, 4) is 0 Å². The van der Waals surface area contributed by atoms with Gasteiger partial charge in [-0.05, 0) is 17.7 Å². The van der Waals surface area contributed by atoms with Crippen LogP contribution < -0.4 is 0 Å². The molecule has 0 unspecified atom stereocenters. The van der Waals surface area contributed by atoms with E-state index in [1.165, 1.54) is 0 Å². The average Bonchev–Trinajstić information content (AvgIpc) is 3.07. The van der Waals surface area contributed by atoms with Crippen LogP contribution in [0.1, 0.15) is 17.2 Å². The van der Waals surface area contributed by atoms with E-state index in [1.54, 1.807) is 24.7 Å². The molecule has 2 heterocycles. The molecule has 1 amide bonds. The van der Waals surface area contributed by atoms with Crippen molar-refractivity contribution in [1.29, 1.82) is 0 Å². The predicted octanol–water partition coefficient (Wildman–Crippen LogP) is 2.89. The number of nitrogens with zero attached hydrogens (tertiary/aromatic N) is 1. The molecule has 1 aliphatic heterocycles. The molecule has 1 aromatic carbocycles. The second-order valence-corrected chi connectivity index (χ2v) is 4.94. The molecule has 3 rings (SSSR count). The third kappa shape index (κ3) is 3.41. The average molecular weight is 283 g/mol. The van der Waals surface area contributed by atoms with Crippen LogP contribution in [0.3, 0.4) is 0 Å². The summed E-state index contributed by atoms with van der Waals surface area (Å²) >= 11 is 0. The van der Waals surface area contributed by atoms with Gasteiger partial charge in [0.2, 0.25) is 5.91 Å². The zero-order chi connectivity index (χ0) is 14.5. The lowest BCUT2D eigenvalue weighted by Crippen LogP contribution is -2.41. The highest BCUT2D eigenvalue weighted by molar-refractivity contribution is 5.91. The van der Waals surface area contributed by atoms with Gasteiger partial charge in [-0.3, -0.25) is 4.79 Å². The van der Waals surface area contributed by atoms with Crippen molar-refractivity contribution in [2.45, 2.75) is 6.10 Å². The van der Waals surface area contributed by atoms with Gasteiger partial charge in [0.15, 0.2) is 0 Å². The van der Waals surface area contributed by atoms with Crippen molar-refractivity contribution < 1.29 is 13.9 Å². The monoisotopic (exact) mass is 283 g/mol. The maximum Gasteiger partial charge on any atom is 0.246 e. The molecular weight excluding hydrogens is 266 g/mol. The van der Waals surface area contributed by atoms with Crippen LogP contribution in [-0.2, 0) is 9.53 Å². The van der Waals surface area contributed by atoms with Crippen molar-refractivity contribution in [3.63, 3.8) is 0 Å². The molecule has 1 atom stereocenters. The van der Waals surface area contributed by atoms with E-state index in [2.05, 4.69) is 0 Å². The normalized spacial score (nSPS) is 19.0. The number of morpholine rings is 1. The van der Waals surface area contributed by atoms with Crippen molar-refractivity contribution in [2.24, 2.45) is 0 Å². The van der Waals surface area contributed by atoms with Gasteiger partial charge < -0.3 is 14.1 Å². The summed E-state index contributed by atoms with van der Waals surface area (Å²) in [5.41, 5.74) is 1.99. The second-order valence-electron chi connectivity index (χ2n) is 4.94. The third-order valence-corrected chi connectivity index (χ3v) is 3.51. The van der Waals surface area contributed by atoms with E-state index < -0.39 is 0 Å². The van der Waals surface area contributed by atoms with Gasteiger partial charge in [0, 0.05) is 18.2 Å². The Morgan fingerprint density at radius 1 is 1.24 bits per heavy atom. The first-order valence-electron chi connectivity index (χ1n) is 6.98. The number of rotatable bonds is 3. The Morgan fingerprint density at radius 2 is 2.10 bits per heavy atom. The number of furan rings is 1. The lowest BCUT2D eigenvalue weighted by Gasteiger charge is -2.32. The van der Waals surface area contributed by atoms with Crippen LogP contribution in [0, 0.1) is 0 Å². The van der Waals surface area contributed by atoms with Gasteiger partial charge in [0.25, 0.3) is 0 Å². The van der Waals surface area contributed by atoms with E-state index in [0.717, 1.165) is 11.1 Å². The molecular formula is C17H17NO3. The third-order valence-electron chi connectivity index (χ3n) is 3.51. The molecule has 2 aromatic rings. The van der Waals surface area contributed by atoms with Crippen LogP contribution in [0.4, 0.5) is 0 Å². The Hall–Kier alpha value is -2.33. The van der Waals surface area contributed by atoms with Gasteiger partial charge in [-0.2, -0.15) is 0 Å². The zero-order valence-electron chi connectivity index (χ0n) is 11.6. The number of amides is 1. The molecule has 1 aromatic heterocycles. The van der Waals surface area contributed by atoms with E-state index in [0.29, 0.717) is 19.7 Å². The largest absolute Gasteiger partial charge is 0.472 e. The van der Waals surface area contributed by atoms with E-state index in [1.807, 2.05) is 41.3 Å². The number of carbonyl (C=O) groups is 1. The maximum absolute atomic E-state index is 12.2. The fourth-order valence-electron chi connectivity index (χ4n) is 2.36. The molecule has 0 saturated carbocycles. The topological polar surface area (TPSA) is 42.7 Å². The minimum atomic E-state index is -0.0498. The molecule has 108 valence electrons. The SMILES string of the molecule is O=C(/C=C/c1ccoc1)N1CCO[C@H](c2ccccc2)C1. The number of ether oxygens (including phenoxy) is 1. The maximum atomic E-state index is 12.2. The van der Waals surface area contributed by atoms with E-state index in [4.69, 9.17) is 9.15 Å². The van der Waals surface area contributed by atoms with Crippen LogP contribution in [0.2, 0.25) is 0 Å². The highest BCUT2D eigenvalue weighted by atomic mass is 16.5. The van der Waals surface area contributed by atoms with Crippen LogP contribution in [0.15, 0.2) is 59.4 Å². The molecule has 1 fully saturated rings. The number of hydrogen-bond acceptors (Lipinski definition) is 3. The Kier molecular flexibility index (Phi) is 4.17. The number of hydrogen-bond donors (Lipinski definition) is 0. The number of carbonyl (C=O) groups excluding carboxylic acids is 1. The van der Waals surface area contributed by atoms with Gasteiger partial charge >= 0.3 is 0 Å². The minimum Gasteiger partial charge on any atom is -0.472 e. The molecule has 0 aliphatic carbocycles. The zero-order valence-corrected chi connectivity index (χ0v) is 11.6. The van der Waals surface area contributed by atoms with E-state index >= 15 is 0 Å². The molecule has 0 bridgehead atoms. The Labute approximate surface area is 123 Å². The van der Waals surface area contributed by atoms with Crippen LogP contribution >= 0.6 is 0 Å². The first-order valence-corrected chi connectivity index (χ1v) is 6.98. The van der Waals surface area contributed by atoms with Crippen molar-refractivity contribution >= 4 is 12.0 Å². The summed E-state index contributed by atoms with van der Waals surface area (Å²) in [4.78, 5) is 14.0. The highest BCUT2D eigenvalue weighted by Crippen LogP contribution is 2.22. The molecule has 0 radical (unpaired) electrons. The summed E-state index contributed by atoms with van der Waals surface area (Å²) in [5, 5.41) is 0. The Balaban J connectivity index is 1.64. The first kappa shape index (κ1) is 13.6. The van der Waals surface area contributed by atoms with Crippen molar-refractivity contribution in [3.05, 3.63) is 66.1 Å². The Bertz CT molecular complexity index is 604. The molecule has 1 aliphatic rings. The summed E-state index contributed by atoms with van der Waals surface area (Å²) in [6.45, 7) is 1.77. The number of benzene rings is 1. The quantitative estimate of drug-likeness (QED) is 0.813. The van der Waals surface area contributed by atoms with Crippen LogP contribution in [0.25, 0.3) is 6.08 Å². The van der Waals surface area contributed by atoms with Gasteiger partial charge in [0.05, 0.1) is 25.7 Å². The van der Waals surface area contributed by atoms with Crippen molar-refractivity contribution in [2.75, 3.05) is 19.7 Å². The molecule has 0 spiro atoms. The molecule has 0 N–H and O–H groups in total. The lowest BCUT2D eigenvalue weighted by molar-refractivity contribution is -0.133. The summed E-state index contributed by atoms with van der Waals surface area (Å²) in [6, 6.07) is 11.8. The van der Waals surface area contributed by atoms with Gasteiger partial charge in [-0.15, -0.1) is 0 Å². The summed E-state index contributed by atoms with van der Waals surface area (Å²) in [7, 11) is 0. The lowest BCUT2D eigenvalue weighted by atomic mass is 10.1. The van der Waals surface area contributed by atoms with Gasteiger partial charge in [-0.25, -0.2) is 0 Å².